The lowest BCUT2D eigenvalue weighted by Crippen LogP contribution is -2.50. The highest BCUT2D eigenvalue weighted by Crippen LogP contribution is 2.40. The molecule has 2 aromatic rings. The Morgan fingerprint density at radius 2 is 1.90 bits per heavy atom. The zero-order valence-corrected chi connectivity index (χ0v) is 19.7. The Balaban J connectivity index is 1.49. The second-order valence-corrected chi connectivity index (χ2v) is 9.51. The highest BCUT2D eigenvalue weighted by atomic mass is 32.1. The Bertz CT molecular complexity index is 904. The number of nitrogens with zero attached hydrogens (tertiary/aromatic N) is 4. The number of methoxy groups -OCH3 is 1. The van der Waals surface area contributed by atoms with Crippen LogP contribution in [-0.2, 0) is 4.74 Å². The number of rotatable bonds is 5. The van der Waals surface area contributed by atoms with E-state index in [-0.39, 0.29) is 12.1 Å². The summed E-state index contributed by atoms with van der Waals surface area (Å²) in [5.41, 5.74) is 2.11. The van der Waals surface area contributed by atoms with Crippen molar-refractivity contribution >= 4 is 32.7 Å². The number of ether oxygens (including phenoxy) is 2. The molecule has 0 atom stereocenters. The van der Waals surface area contributed by atoms with Crippen molar-refractivity contribution in [3.05, 3.63) is 17.7 Å². The highest BCUT2D eigenvalue weighted by Gasteiger charge is 2.27. The maximum Gasteiger partial charge on any atom is 0.323 e. The van der Waals surface area contributed by atoms with Gasteiger partial charge in [-0.1, -0.05) is 17.4 Å². The molecular formula is C22H33N5O3S. The molecule has 1 aromatic heterocycles. The van der Waals surface area contributed by atoms with Gasteiger partial charge in [0, 0.05) is 53.5 Å². The molecule has 3 heterocycles. The van der Waals surface area contributed by atoms with Crippen LogP contribution >= 0.6 is 11.3 Å². The summed E-state index contributed by atoms with van der Waals surface area (Å²) in [7, 11) is 7.67. The zero-order chi connectivity index (χ0) is 22.0. The Labute approximate surface area is 188 Å². The number of hydrogen-bond acceptors (Lipinski definition) is 7. The van der Waals surface area contributed by atoms with Gasteiger partial charge in [-0.15, -0.1) is 0 Å². The third-order valence-corrected chi connectivity index (χ3v) is 7.53. The Morgan fingerprint density at radius 1 is 1.19 bits per heavy atom. The van der Waals surface area contributed by atoms with Crippen LogP contribution in [0.5, 0.6) is 5.75 Å². The minimum Gasteiger partial charge on any atom is -0.494 e. The van der Waals surface area contributed by atoms with Gasteiger partial charge in [-0.25, -0.2) is 19.8 Å². The minimum atomic E-state index is -0.103. The molecule has 2 fully saturated rings. The number of amides is 2. The number of hydrogen-bond donors (Lipinski definition) is 1. The van der Waals surface area contributed by atoms with Crippen molar-refractivity contribution in [3.63, 3.8) is 0 Å². The summed E-state index contributed by atoms with van der Waals surface area (Å²) in [5, 5.41) is 8.09. The summed E-state index contributed by atoms with van der Waals surface area (Å²) in [6.45, 7) is 3.50. The molecule has 0 saturated carbocycles. The lowest BCUT2D eigenvalue weighted by atomic mass is 9.91. The molecule has 170 valence electrons. The quantitative estimate of drug-likeness (QED) is 0.755. The van der Waals surface area contributed by atoms with Crippen molar-refractivity contribution in [3.8, 4) is 5.75 Å². The number of anilines is 1. The zero-order valence-electron chi connectivity index (χ0n) is 18.9. The monoisotopic (exact) mass is 447 g/mol. The predicted octanol–water partition coefficient (Wildman–Crippen LogP) is 3.60. The van der Waals surface area contributed by atoms with E-state index in [4.69, 9.17) is 14.5 Å². The Hall–Kier alpha value is -1.94. The standard InChI is InChI=1S/C22H33N5O3S/c1-25(2)27-11-7-16(8-12-27)26(3)22(28)24-21-23-19-18(29-4)6-5-17(20(19)31-21)15-9-13-30-14-10-15/h5-6,15-16H,7-14H2,1-4H3,(H,23,24,28). The van der Waals surface area contributed by atoms with E-state index in [9.17, 15) is 4.79 Å². The first-order valence-corrected chi connectivity index (χ1v) is 11.8. The first-order chi connectivity index (χ1) is 15.0. The number of fused-ring (bicyclic) bond motifs is 1. The number of hydrazine groups is 1. The fourth-order valence-electron chi connectivity index (χ4n) is 4.54. The molecule has 0 aliphatic carbocycles. The molecule has 0 unspecified atom stereocenters. The van der Waals surface area contributed by atoms with Gasteiger partial charge >= 0.3 is 6.03 Å². The van der Waals surface area contributed by atoms with Gasteiger partial charge in [-0.05, 0) is 43.2 Å². The molecular weight excluding hydrogens is 414 g/mol. The SMILES string of the molecule is COc1ccc(C2CCOCC2)c2sc(NC(=O)N(C)C3CCN(N(C)C)CC3)nc12. The van der Waals surface area contributed by atoms with Crippen molar-refractivity contribution < 1.29 is 14.3 Å². The number of thiazole rings is 1. The van der Waals surface area contributed by atoms with E-state index in [1.165, 1.54) is 16.9 Å². The minimum absolute atomic E-state index is 0.103. The van der Waals surface area contributed by atoms with E-state index in [2.05, 4.69) is 35.5 Å². The van der Waals surface area contributed by atoms with E-state index in [0.29, 0.717) is 11.0 Å². The van der Waals surface area contributed by atoms with Crippen molar-refractivity contribution in [2.75, 3.05) is 59.9 Å². The van der Waals surface area contributed by atoms with Crippen LogP contribution in [0.2, 0.25) is 0 Å². The van der Waals surface area contributed by atoms with Gasteiger partial charge in [0.2, 0.25) is 0 Å². The van der Waals surface area contributed by atoms with Gasteiger partial charge < -0.3 is 14.4 Å². The summed E-state index contributed by atoms with van der Waals surface area (Å²) in [5.74, 6) is 1.20. The predicted molar refractivity (Wildman–Crippen MR) is 124 cm³/mol. The molecule has 2 saturated heterocycles. The average molecular weight is 448 g/mol. The van der Waals surface area contributed by atoms with Gasteiger partial charge in [0.1, 0.15) is 11.3 Å². The molecule has 2 aliphatic heterocycles. The van der Waals surface area contributed by atoms with Crippen molar-refractivity contribution in [1.82, 2.24) is 19.9 Å². The van der Waals surface area contributed by atoms with E-state index in [0.717, 1.165) is 68.0 Å². The van der Waals surface area contributed by atoms with Crippen LogP contribution < -0.4 is 10.1 Å². The largest absolute Gasteiger partial charge is 0.494 e. The molecule has 1 aromatic carbocycles. The first kappa shape index (κ1) is 22.3. The van der Waals surface area contributed by atoms with Gasteiger partial charge in [0.05, 0.1) is 11.8 Å². The summed E-state index contributed by atoms with van der Waals surface area (Å²) < 4.78 is 12.2. The number of carbonyl (C=O) groups is 1. The van der Waals surface area contributed by atoms with Gasteiger partial charge in [0.25, 0.3) is 0 Å². The second kappa shape index (κ2) is 9.68. The number of urea groups is 1. The summed E-state index contributed by atoms with van der Waals surface area (Å²) in [4.78, 5) is 19.5. The topological polar surface area (TPSA) is 70.2 Å². The Kier molecular flexibility index (Phi) is 6.95. The van der Waals surface area contributed by atoms with Crippen molar-refractivity contribution in [1.29, 1.82) is 0 Å². The fourth-order valence-corrected chi connectivity index (χ4v) is 5.60. The van der Waals surface area contributed by atoms with Crippen LogP contribution in [0.15, 0.2) is 12.1 Å². The summed E-state index contributed by atoms with van der Waals surface area (Å²) in [6.07, 6.45) is 3.94. The molecule has 31 heavy (non-hydrogen) atoms. The van der Waals surface area contributed by atoms with Crippen LogP contribution in [0, 0.1) is 0 Å². The van der Waals surface area contributed by atoms with Crippen LogP contribution in [-0.4, -0.2) is 86.5 Å². The third-order valence-electron chi connectivity index (χ3n) is 6.51. The smallest absolute Gasteiger partial charge is 0.323 e. The maximum absolute atomic E-state index is 13.0. The molecule has 0 spiro atoms. The normalized spacial score (nSPS) is 19.1. The molecule has 0 bridgehead atoms. The lowest BCUT2D eigenvalue weighted by molar-refractivity contribution is -0.00942. The van der Waals surface area contributed by atoms with E-state index in [1.54, 1.807) is 7.11 Å². The van der Waals surface area contributed by atoms with E-state index < -0.39 is 0 Å². The average Bonchev–Trinajstić information content (AvgIpc) is 3.22. The number of nitrogens with one attached hydrogen (secondary N) is 1. The highest BCUT2D eigenvalue weighted by molar-refractivity contribution is 7.22. The first-order valence-electron chi connectivity index (χ1n) is 11.0. The van der Waals surface area contributed by atoms with E-state index in [1.807, 2.05) is 18.0 Å². The fraction of sp³-hybridized carbons (Fsp3) is 0.636. The second-order valence-electron chi connectivity index (χ2n) is 8.51. The van der Waals surface area contributed by atoms with Gasteiger partial charge in [-0.3, -0.25) is 5.32 Å². The molecule has 2 amide bonds. The molecule has 4 rings (SSSR count). The van der Waals surface area contributed by atoms with Crippen molar-refractivity contribution in [2.24, 2.45) is 0 Å². The summed E-state index contributed by atoms with van der Waals surface area (Å²) in [6, 6.07) is 4.26. The molecule has 9 heteroatoms. The molecule has 1 N–H and O–H groups in total. The third kappa shape index (κ3) is 4.79. The number of piperidine rings is 1. The number of benzene rings is 1. The lowest BCUT2D eigenvalue weighted by Gasteiger charge is -2.39. The molecule has 8 nitrogen and oxygen atoms in total. The van der Waals surface area contributed by atoms with Gasteiger partial charge in [-0.2, -0.15) is 0 Å². The molecule has 2 aliphatic rings. The van der Waals surface area contributed by atoms with Crippen LogP contribution in [0.1, 0.15) is 37.2 Å². The number of carbonyl (C=O) groups excluding carboxylic acids is 1. The molecule has 0 radical (unpaired) electrons. The maximum atomic E-state index is 13.0. The summed E-state index contributed by atoms with van der Waals surface area (Å²) >= 11 is 1.54. The van der Waals surface area contributed by atoms with Crippen LogP contribution in [0.3, 0.4) is 0 Å². The van der Waals surface area contributed by atoms with Crippen molar-refractivity contribution in [2.45, 2.75) is 37.6 Å². The van der Waals surface area contributed by atoms with Crippen LogP contribution in [0.4, 0.5) is 9.93 Å². The van der Waals surface area contributed by atoms with E-state index >= 15 is 0 Å². The number of aromatic nitrogens is 1. The van der Waals surface area contributed by atoms with Crippen LogP contribution in [0.25, 0.3) is 10.2 Å². The Morgan fingerprint density at radius 3 is 2.55 bits per heavy atom. The van der Waals surface area contributed by atoms with Gasteiger partial charge in [0.15, 0.2) is 5.13 Å².